The second kappa shape index (κ2) is 5.30. The molecule has 0 aromatic heterocycles. The molecule has 1 aliphatic heterocycles. The van der Waals surface area contributed by atoms with Crippen LogP contribution < -0.4 is 15.8 Å². The SMILES string of the molecule is COc1cccc(C(N)N2CCNCC2)c1. The fourth-order valence-corrected chi connectivity index (χ4v) is 2.00. The highest BCUT2D eigenvalue weighted by molar-refractivity contribution is 5.30. The van der Waals surface area contributed by atoms with Crippen LogP contribution in [0.5, 0.6) is 5.75 Å². The monoisotopic (exact) mass is 221 g/mol. The van der Waals surface area contributed by atoms with Crippen molar-refractivity contribution in [2.75, 3.05) is 33.3 Å². The summed E-state index contributed by atoms with van der Waals surface area (Å²) in [6, 6.07) is 7.98. The molecule has 1 atom stereocenters. The maximum absolute atomic E-state index is 6.24. The van der Waals surface area contributed by atoms with Crippen LogP contribution in [0.15, 0.2) is 24.3 Å². The summed E-state index contributed by atoms with van der Waals surface area (Å²) in [7, 11) is 1.68. The lowest BCUT2D eigenvalue weighted by Crippen LogP contribution is -2.47. The molecule has 2 rings (SSSR count). The smallest absolute Gasteiger partial charge is 0.119 e. The number of nitrogens with two attached hydrogens (primary N) is 1. The normalized spacial score (nSPS) is 19.4. The standard InChI is InChI=1S/C12H19N3O/c1-16-11-4-2-3-10(9-11)12(13)15-7-5-14-6-8-15/h2-4,9,12,14H,5-8,13H2,1H3. The van der Waals surface area contributed by atoms with Crippen LogP contribution in [0, 0.1) is 0 Å². The van der Waals surface area contributed by atoms with Crippen LogP contribution in [0.4, 0.5) is 0 Å². The van der Waals surface area contributed by atoms with Gasteiger partial charge in [-0.15, -0.1) is 0 Å². The zero-order valence-electron chi connectivity index (χ0n) is 9.65. The Morgan fingerprint density at radius 1 is 1.38 bits per heavy atom. The average molecular weight is 221 g/mol. The van der Waals surface area contributed by atoms with Gasteiger partial charge in [0.05, 0.1) is 13.3 Å². The van der Waals surface area contributed by atoms with Crippen LogP contribution >= 0.6 is 0 Å². The molecule has 0 bridgehead atoms. The van der Waals surface area contributed by atoms with E-state index in [0.717, 1.165) is 37.5 Å². The van der Waals surface area contributed by atoms with Crippen molar-refractivity contribution in [3.05, 3.63) is 29.8 Å². The maximum atomic E-state index is 6.24. The fourth-order valence-electron chi connectivity index (χ4n) is 2.00. The van der Waals surface area contributed by atoms with Crippen LogP contribution in [0.1, 0.15) is 11.7 Å². The molecule has 4 heteroatoms. The molecule has 1 heterocycles. The summed E-state index contributed by atoms with van der Waals surface area (Å²) in [5.41, 5.74) is 7.35. The number of ether oxygens (including phenoxy) is 1. The number of piperazine rings is 1. The molecule has 3 N–H and O–H groups in total. The quantitative estimate of drug-likeness (QED) is 0.783. The summed E-state index contributed by atoms with van der Waals surface area (Å²) in [6.45, 7) is 4.02. The van der Waals surface area contributed by atoms with Crippen molar-refractivity contribution in [2.45, 2.75) is 6.17 Å². The molecule has 0 amide bonds. The van der Waals surface area contributed by atoms with E-state index in [1.165, 1.54) is 0 Å². The minimum absolute atomic E-state index is 0.0304. The molecule has 1 aliphatic rings. The minimum Gasteiger partial charge on any atom is -0.497 e. The van der Waals surface area contributed by atoms with E-state index in [4.69, 9.17) is 10.5 Å². The number of rotatable bonds is 3. The first-order valence-electron chi connectivity index (χ1n) is 5.65. The van der Waals surface area contributed by atoms with Gasteiger partial charge in [0.25, 0.3) is 0 Å². The number of nitrogens with one attached hydrogen (secondary N) is 1. The van der Waals surface area contributed by atoms with Gasteiger partial charge in [0, 0.05) is 26.2 Å². The van der Waals surface area contributed by atoms with Crippen LogP contribution in [-0.4, -0.2) is 38.2 Å². The predicted molar refractivity (Wildman–Crippen MR) is 64.4 cm³/mol. The van der Waals surface area contributed by atoms with Crippen LogP contribution in [0.25, 0.3) is 0 Å². The van der Waals surface area contributed by atoms with Gasteiger partial charge in [-0.25, -0.2) is 0 Å². The van der Waals surface area contributed by atoms with Crippen molar-refractivity contribution in [3.8, 4) is 5.75 Å². The Morgan fingerprint density at radius 3 is 2.81 bits per heavy atom. The third kappa shape index (κ3) is 2.52. The van der Waals surface area contributed by atoms with E-state index in [-0.39, 0.29) is 6.17 Å². The van der Waals surface area contributed by atoms with Gasteiger partial charge in [0.15, 0.2) is 0 Å². The third-order valence-corrected chi connectivity index (χ3v) is 2.98. The Morgan fingerprint density at radius 2 is 2.12 bits per heavy atom. The molecule has 0 spiro atoms. The Kier molecular flexibility index (Phi) is 3.77. The van der Waals surface area contributed by atoms with Crippen LogP contribution in [0.3, 0.4) is 0 Å². The zero-order valence-corrected chi connectivity index (χ0v) is 9.65. The molecule has 0 saturated carbocycles. The first kappa shape index (κ1) is 11.4. The lowest BCUT2D eigenvalue weighted by atomic mass is 10.1. The van der Waals surface area contributed by atoms with Crippen LogP contribution in [0.2, 0.25) is 0 Å². The van der Waals surface area contributed by atoms with E-state index in [0.29, 0.717) is 0 Å². The van der Waals surface area contributed by atoms with E-state index >= 15 is 0 Å². The fraction of sp³-hybridized carbons (Fsp3) is 0.500. The molecule has 0 aliphatic carbocycles. The van der Waals surface area contributed by atoms with Gasteiger partial charge < -0.3 is 15.8 Å². The van der Waals surface area contributed by atoms with Gasteiger partial charge in [-0.1, -0.05) is 12.1 Å². The molecular formula is C12H19N3O. The van der Waals surface area contributed by atoms with Crippen molar-refractivity contribution < 1.29 is 4.74 Å². The first-order valence-corrected chi connectivity index (χ1v) is 5.65. The van der Waals surface area contributed by atoms with Gasteiger partial charge >= 0.3 is 0 Å². The molecule has 1 aromatic carbocycles. The number of hydrogen-bond donors (Lipinski definition) is 2. The number of methoxy groups -OCH3 is 1. The molecule has 1 saturated heterocycles. The zero-order chi connectivity index (χ0) is 11.4. The van der Waals surface area contributed by atoms with E-state index in [9.17, 15) is 0 Å². The summed E-state index contributed by atoms with van der Waals surface area (Å²) in [6.07, 6.45) is -0.0304. The summed E-state index contributed by atoms with van der Waals surface area (Å²) >= 11 is 0. The second-order valence-corrected chi connectivity index (χ2v) is 4.01. The molecule has 1 aromatic rings. The van der Waals surface area contributed by atoms with Gasteiger partial charge in [0.2, 0.25) is 0 Å². The second-order valence-electron chi connectivity index (χ2n) is 4.01. The van der Waals surface area contributed by atoms with Crippen molar-refractivity contribution in [2.24, 2.45) is 5.73 Å². The van der Waals surface area contributed by atoms with E-state index < -0.39 is 0 Å². The van der Waals surface area contributed by atoms with Gasteiger partial charge in [0.1, 0.15) is 5.75 Å². The van der Waals surface area contributed by atoms with E-state index in [1.54, 1.807) is 7.11 Å². The first-order chi connectivity index (χ1) is 7.81. The maximum Gasteiger partial charge on any atom is 0.119 e. The van der Waals surface area contributed by atoms with Crippen molar-refractivity contribution in [3.63, 3.8) is 0 Å². The topological polar surface area (TPSA) is 50.5 Å². The molecule has 4 nitrogen and oxygen atoms in total. The van der Waals surface area contributed by atoms with E-state index in [2.05, 4.69) is 16.3 Å². The average Bonchev–Trinajstić information content (AvgIpc) is 2.39. The Labute approximate surface area is 96.4 Å². The summed E-state index contributed by atoms with van der Waals surface area (Å²) in [4.78, 5) is 2.28. The lowest BCUT2D eigenvalue weighted by Gasteiger charge is -2.32. The predicted octanol–water partition coefficient (Wildman–Crippen LogP) is 0.558. The van der Waals surface area contributed by atoms with Gasteiger partial charge in [-0.3, -0.25) is 4.90 Å². The van der Waals surface area contributed by atoms with E-state index in [1.807, 2.05) is 18.2 Å². The van der Waals surface area contributed by atoms with Gasteiger partial charge in [-0.2, -0.15) is 0 Å². The highest BCUT2D eigenvalue weighted by atomic mass is 16.5. The van der Waals surface area contributed by atoms with Crippen molar-refractivity contribution in [1.82, 2.24) is 10.2 Å². The Balaban J connectivity index is 2.09. The van der Waals surface area contributed by atoms with Crippen molar-refractivity contribution >= 4 is 0 Å². The summed E-state index contributed by atoms with van der Waals surface area (Å²) in [5, 5.41) is 3.32. The number of hydrogen-bond acceptors (Lipinski definition) is 4. The minimum atomic E-state index is -0.0304. The molecule has 16 heavy (non-hydrogen) atoms. The summed E-state index contributed by atoms with van der Waals surface area (Å²) < 4.78 is 5.21. The summed E-state index contributed by atoms with van der Waals surface area (Å²) in [5.74, 6) is 0.864. The van der Waals surface area contributed by atoms with Gasteiger partial charge in [-0.05, 0) is 17.7 Å². The third-order valence-electron chi connectivity index (χ3n) is 2.98. The number of benzene rings is 1. The number of nitrogens with zero attached hydrogens (tertiary/aromatic N) is 1. The Bertz CT molecular complexity index is 337. The highest BCUT2D eigenvalue weighted by Gasteiger charge is 2.18. The van der Waals surface area contributed by atoms with Crippen molar-refractivity contribution in [1.29, 1.82) is 0 Å². The Hall–Kier alpha value is -1.10. The lowest BCUT2D eigenvalue weighted by molar-refractivity contribution is 0.177. The molecule has 1 unspecified atom stereocenters. The molecular weight excluding hydrogens is 202 g/mol. The largest absolute Gasteiger partial charge is 0.497 e. The van der Waals surface area contributed by atoms with Crippen LogP contribution in [-0.2, 0) is 0 Å². The molecule has 0 radical (unpaired) electrons. The molecule has 88 valence electrons. The molecule has 1 fully saturated rings. The highest BCUT2D eigenvalue weighted by Crippen LogP contribution is 2.20.